The van der Waals surface area contributed by atoms with E-state index in [0.29, 0.717) is 6.54 Å². The number of phenols is 1. The Balaban J connectivity index is 2.51. The molecular weight excluding hydrogens is 316 g/mol. The van der Waals surface area contributed by atoms with Crippen LogP contribution in [0, 0.1) is 0 Å². The Kier molecular flexibility index (Phi) is 8.25. The fourth-order valence-corrected chi connectivity index (χ4v) is 2.35. The lowest BCUT2D eigenvalue weighted by atomic mass is 10.1. The maximum atomic E-state index is 12.1. The Morgan fingerprint density at radius 2 is 1.88 bits per heavy atom. The van der Waals surface area contributed by atoms with E-state index in [2.05, 4.69) is 15.6 Å². The van der Waals surface area contributed by atoms with Crippen molar-refractivity contribution in [1.82, 2.24) is 15.5 Å². The molecule has 6 heteroatoms. The van der Waals surface area contributed by atoms with Gasteiger partial charge in [-0.1, -0.05) is 12.1 Å². The van der Waals surface area contributed by atoms with Crippen molar-refractivity contribution in [2.24, 2.45) is 4.99 Å². The van der Waals surface area contributed by atoms with Crippen molar-refractivity contribution in [2.75, 3.05) is 26.7 Å². The molecule has 0 radical (unpaired) electrons. The number of phenolic OH excluding ortho intramolecular Hbond substituents is 1. The predicted octanol–water partition coefficient (Wildman–Crippen LogP) is 2.14. The van der Waals surface area contributed by atoms with Gasteiger partial charge in [-0.3, -0.25) is 9.79 Å². The first-order chi connectivity index (χ1) is 11.7. The molecule has 3 N–H and O–H groups in total. The summed E-state index contributed by atoms with van der Waals surface area (Å²) in [5.74, 6) is 0.994. The van der Waals surface area contributed by atoms with E-state index >= 15 is 0 Å². The standard InChI is InChI=1S/C19H32N4O2/c1-6-20-18(23(5)14-17(25)22-19(2,3)4)21-13-7-8-15-9-11-16(24)12-10-15/h9-12,24H,6-8,13-14H2,1-5H3,(H,20,21)(H,22,25). The van der Waals surface area contributed by atoms with Crippen LogP contribution in [0.1, 0.15) is 39.7 Å². The highest BCUT2D eigenvalue weighted by atomic mass is 16.3. The molecule has 6 nitrogen and oxygen atoms in total. The number of nitrogens with zero attached hydrogens (tertiary/aromatic N) is 2. The maximum Gasteiger partial charge on any atom is 0.240 e. The van der Waals surface area contributed by atoms with Crippen molar-refractivity contribution in [3.8, 4) is 5.75 Å². The minimum atomic E-state index is -0.239. The number of rotatable bonds is 7. The topological polar surface area (TPSA) is 77.0 Å². The molecule has 1 aromatic carbocycles. The van der Waals surface area contributed by atoms with Crippen LogP contribution in [0.3, 0.4) is 0 Å². The average Bonchev–Trinajstić information content (AvgIpc) is 2.50. The summed E-state index contributed by atoms with van der Waals surface area (Å²) >= 11 is 0. The Morgan fingerprint density at radius 3 is 2.44 bits per heavy atom. The number of guanidine groups is 1. The number of hydrogen-bond donors (Lipinski definition) is 3. The number of aromatic hydroxyl groups is 1. The first-order valence-electron chi connectivity index (χ1n) is 8.79. The van der Waals surface area contributed by atoms with Gasteiger partial charge in [0.2, 0.25) is 5.91 Å². The lowest BCUT2D eigenvalue weighted by Gasteiger charge is -2.25. The third kappa shape index (κ3) is 8.98. The van der Waals surface area contributed by atoms with E-state index in [1.54, 1.807) is 12.1 Å². The molecule has 0 aromatic heterocycles. The molecule has 1 aromatic rings. The van der Waals surface area contributed by atoms with Gasteiger partial charge >= 0.3 is 0 Å². The maximum absolute atomic E-state index is 12.1. The van der Waals surface area contributed by atoms with Crippen LogP contribution in [0.5, 0.6) is 5.75 Å². The number of aliphatic imine (C=N–C) groups is 1. The SMILES string of the molecule is CCNC(=NCCCc1ccc(O)cc1)N(C)CC(=O)NC(C)(C)C. The highest BCUT2D eigenvalue weighted by Crippen LogP contribution is 2.11. The largest absolute Gasteiger partial charge is 0.508 e. The smallest absolute Gasteiger partial charge is 0.240 e. The summed E-state index contributed by atoms with van der Waals surface area (Å²) < 4.78 is 0. The van der Waals surface area contributed by atoms with Gasteiger partial charge < -0.3 is 20.6 Å². The molecule has 0 saturated carbocycles. The molecule has 0 aliphatic carbocycles. The summed E-state index contributed by atoms with van der Waals surface area (Å²) in [7, 11) is 1.86. The Hall–Kier alpha value is -2.24. The molecule has 0 spiro atoms. The normalized spacial score (nSPS) is 12.0. The third-order valence-corrected chi connectivity index (χ3v) is 3.41. The van der Waals surface area contributed by atoms with E-state index in [9.17, 15) is 9.90 Å². The van der Waals surface area contributed by atoms with Crippen LogP contribution in [0.25, 0.3) is 0 Å². The van der Waals surface area contributed by atoms with Gasteiger partial charge in [-0.25, -0.2) is 0 Å². The zero-order chi connectivity index (χ0) is 18.9. The van der Waals surface area contributed by atoms with Gasteiger partial charge in [-0.2, -0.15) is 0 Å². The van der Waals surface area contributed by atoms with Gasteiger partial charge in [-0.05, 0) is 58.2 Å². The Morgan fingerprint density at radius 1 is 1.24 bits per heavy atom. The van der Waals surface area contributed by atoms with E-state index in [1.807, 2.05) is 51.8 Å². The molecule has 0 heterocycles. The zero-order valence-corrected chi connectivity index (χ0v) is 16.1. The zero-order valence-electron chi connectivity index (χ0n) is 16.1. The molecule has 25 heavy (non-hydrogen) atoms. The fourth-order valence-electron chi connectivity index (χ4n) is 2.35. The average molecular weight is 348 g/mol. The molecular formula is C19H32N4O2. The molecule has 0 aliphatic heterocycles. The van der Waals surface area contributed by atoms with Crippen LogP contribution in [0.15, 0.2) is 29.3 Å². The van der Waals surface area contributed by atoms with Gasteiger partial charge in [0, 0.05) is 25.7 Å². The second kappa shape index (κ2) is 9.91. The molecule has 0 saturated heterocycles. The molecule has 1 rings (SSSR count). The lowest BCUT2D eigenvalue weighted by Crippen LogP contribution is -2.48. The summed E-state index contributed by atoms with van der Waals surface area (Å²) in [5.41, 5.74) is 0.938. The molecule has 1 amide bonds. The third-order valence-electron chi connectivity index (χ3n) is 3.41. The summed E-state index contributed by atoms with van der Waals surface area (Å²) in [5, 5.41) is 15.5. The summed E-state index contributed by atoms with van der Waals surface area (Å²) in [4.78, 5) is 18.5. The fraction of sp³-hybridized carbons (Fsp3) is 0.579. The van der Waals surface area contributed by atoms with Crippen LogP contribution in [0.2, 0.25) is 0 Å². The van der Waals surface area contributed by atoms with Crippen molar-refractivity contribution in [1.29, 1.82) is 0 Å². The number of likely N-dealkylation sites (N-methyl/N-ethyl adjacent to an activating group) is 1. The molecule has 0 bridgehead atoms. The lowest BCUT2D eigenvalue weighted by molar-refractivity contribution is -0.122. The van der Waals surface area contributed by atoms with Crippen molar-refractivity contribution in [3.63, 3.8) is 0 Å². The quantitative estimate of drug-likeness (QED) is 0.401. The number of amides is 1. The predicted molar refractivity (Wildman–Crippen MR) is 103 cm³/mol. The van der Waals surface area contributed by atoms with Crippen LogP contribution in [-0.4, -0.2) is 54.1 Å². The van der Waals surface area contributed by atoms with Crippen molar-refractivity contribution >= 4 is 11.9 Å². The minimum absolute atomic E-state index is 0.0234. The van der Waals surface area contributed by atoms with Gasteiger partial charge in [0.1, 0.15) is 5.75 Å². The minimum Gasteiger partial charge on any atom is -0.508 e. The number of hydrogen-bond acceptors (Lipinski definition) is 3. The molecule has 0 atom stereocenters. The number of carbonyl (C=O) groups is 1. The number of carbonyl (C=O) groups excluding carboxylic acids is 1. The summed E-state index contributed by atoms with van der Waals surface area (Å²) in [6.45, 7) is 9.60. The molecule has 140 valence electrons. The van der Waals surface area contributed by atoms with Crippen LogP contribution in [0.4, 0.5) is 0 Å². The van der Waals surface area contributed by atoms with Crippen LogP contribution < -0.4 is 10.6 Å². The molecule has 0 unspecified atom stereocenters. The monoisotopic (exact) mass is 348 g/mol. The second-order valence-corrected chi connectivity index (χ2v) is 7.16. The van der Waals surface area contributed by atoms with E-state index < -0.39 is 0 Å². The Bertz CT molecular complexity index is 562. The number of benzene rings is 1. The van der Waals surface area contributed by atoms with Crippen LogP contribution >= 0.6 is 0 Å². The van der Waals surface area contributed by atoms with Crippen LogP contribution in [-0.2, 0) is 11.2 Å². The number of nitrogens with one attached hydrogen (secondary N) is 2. The van der Waals surface area contributed by atoms with Gasteiger partial charge in [0.15, 0.2) is 5.96 Å². The van der Waals surface area contributed by atoms with Gasteiger partial charge in [0.25, 0.3) is 0 Å². The highest BCUT2D eigenvalue weighted by molar-refractivity contribution is 5.86. The van der Waals surface area contributed by atoms with Gasteiger partial charge in [0.05, 0.1) is 6.54 Å². The summed E-state index contributed by atoms with van der Waals surface area (Å²) in [6, 6.07) is 7.25. The number of aryl methyl sites for hydroxylation is 1. The van der Waals surface area contributed by atoms with E-state index in [0.717, 1.165) is 25.3 Å². The van der Waals surface area contributed by atoms with E-state index in [4.69, 9.17) is 0 Å². The van der Waals surface area contributed by atoms with Crippen molar-refractivity contribution < 1.29 is 9.90 Å². The second-order valence-electron chi connectivity index (χ2n) is 7.16. The molecule has 0 fully saturated rings. The van der Waals surface area contributed by atoms with Crippen molar-refractivity contribution in [2.45, 2.75) is 46.1 Å². The molecule has 0 aliphatic rings. The highest BCUT2D eigenvalue weighted by Gasteiger charge is 2.16. The Labute approximate surface area is 151 Å². The van der Waals surface area contributed by atoms with E-state index in [1.165, 1.54) is 5.56 Å². The van der Waals surface area contributed by atoms with Crippen molar-refractivity contribution in [3.05, 3.63) is 29.8 Å². The van der Waals surface area contributed by atoms with E-state index in [-0.39, 0.29) is 23.7 Å². The first kappa shape index (κ1) is 20.8. The first-order valence-corrected chi connectivity index (χ1v) is 8.79. The summed E-state index contributed by atoms with van der Waals surface area (Å²) in [6.07, 6.45) is 1.80. The van der Waals surface area contributed by atoms with Gasteiger partial charge in [-0.15, -0.1) is 0 Å².